The largest absolute Gasteiger partial charge is 0.338 e. The Balaban J connectivity index is 1.69. The van der Waals surface area contributed by atoms with Crippen molar-refractivity contribution in [3.8, 4) is 11.4 Å². The van der Waals surface area contributed by atoms with E-state index in [0.717, 1.165) is 11.1 Å². The molecule has 4 rings (SSSR count). The van der Waals surface area contributed by atoms with Crippen molar-refractivity contribution in [1.82, 2.24) is 10.1 Å². The fourth-order valence-electron chi connectivity index (χ4n) is 2.62. The van der Waals surface area contributed by atoms with Crippen molar-refractivity contribution in [2.45, 2.75) is 12.8 Å². The third kappa shape index (κ3) is 2.36. The second-order valence-corrected chi connectivity index (χ2v) is 5.46. The number of ketones is 1. The normalized spacial score (nSPS) is 16.4. The van der Waals surface area contributed by atoms with Crippen LogP contribution in [0, 0.1) is 6.92 Å². The summed E-state index contributed by atoms with van der Waals surface area (Å²) < 4.78 is 5.31. The molecule has 0 radical (unpaired) electrons. The highest BCUT2D eigenvalue weighted by atomic mass is 16.5. The summed E-state index contributed by atoms with van der Waals surface area (Å²) in [5.41, 5.74) is 3.22. The Morgan fingerprint density at radius 3 is 2.83 bits per heavy atom. The number of Topliss-reactive ketones (excluding diaryl/α,β-unsaturated/α-hetero) is 1. The lowest BCUT2D eigenvalue weighted by atomic mass is 9.94. The zero-order valence-electron chi connectivity index (χ0n) is 12.4. The molecule has 5 nitrogen and oxygen atoms in total. The molecule has 0 N–H and O–H groups in total. The molecule has 1 aliphatic rings. The van der Waals surface area contributed by atoms with Gasteiger partial charge in [0.25, 0.3) is 0 Å². The minimum absolute atomic E-state index is 0.0740. The van der Waals surface area contributed by atoms with Crippen LogP contribution in [0.2, 0.25) is 0 Å². The van der Waals surface area contributed by atoms with Gasteiger partial charge in [-0.05, 0) is 25.1 Å². The van der Waals surface area contributed by atoms with Crippen LogP contribution >= 0.6 is 0 Å². The first-order chi connectivity index (χ1) is 11.2. The van der Waals surface area contributed by atoms with Crippen LogP contribution in [0.1, 0.15) is 27.7 Å². The van der Waals surface area contributed by atoms with Crippen molar-refractivity contribution in [1.29, 1.82) is 0 Å². The summed E-state index contributed by atoms with van der Waals surface area (Å²) >= 11 is 0. The average Bonchev–Trinajstić information content (AvgIpc) is 3.05. The number of para-hydroxylation sites is 1. The van der Waals surface area contributed by atoms with Crippen LogP contribution in [0.25, 0.3) is 11.4 Å². The van der Waals surface area contributed by atoms with Crippen LogP contribution in [-0.2, 0) is 0 Å². The van der Waals surface area contributed by atoms with E-state index in [9.17, 15) is 4.79 Å². The van der Waals surface area contributed by atoms with Gasteiger partial charge in [-0.3, -0.25) is 9.79 Å². The van der Waals surface area contributed by atoms with Crippen molar-refractivity contribution < 1.29 is 9.32 Å². The van der Waals surface area contributed by atoms with Gasteiger partial charge in [-0.2, -0.15) is 4.98 Å². The maximum absolute atomic E-state index is 12.6. The minimum Gasteiger partial charge on any atom is -0.338 e. The Bertz CT molecular complexity index is 927. The Labute approximate surface area is 132 Å². The highest BCUT2D eigenvalue weighted by Crippen LogP contribution is 2.30. The zero-order valence-corrected chi connectivity index (χ0v) is 12.4. The number of benzene rings is 2. The van der Waals surface area contributed by atoms with Crippen LogP contribution in [0.5, 0.6) is 0 Å². The van der Waals surface area contributed by atoms with Gasteiger partial charge in [0.05, 0.1) is 5.69 Å². The van der Waals surface area contributed by atoms with E-state index in [-0.39, 0.29) is 11.7 Å². The lowest BCUT2D eigenvalue weighted by Gasteiger charge is -2.13. The summed E-state index contributed by atoms with van der Waals surface area (Å²) in [6, 6.07) is 15.1. The second-order valence-electron chi connectivity index (χ2n) is 5.46. The molecule has 1 aliphatic heterocycles. The first kappa shape index (κ1) is 13.6. The molecule has 1 aromatic heterocycles. The standard InChI is InChI=1S/C18H13N3O2/c1-11-5-4-6-12(9-11)17-20-18(23-21-17)14-10-19-15-8-3-2-7-13(15)16(14)22/h2-10,14H,1H3. The van der Waals surface area contributed by atoms with Crippen LogP contribution in [0.3, 0.4) is 0 Å². The number of aromatic nitrogens is 2. The fourth-order valence-corrected chi connectivity index (χ4v) is 2.62. The maximum Gasteiger partial charge on any atom is 0.243 e. The molecule has 0 amide bonds. The van der Waals surface area contributed by atoms with Crippen LogP contribution in [-0.4, -0.2) is 22.1 Å². The van der Waals surface area contributed by atoms with E-state index in [0.29, 0.717) is 17.1 Å². The van der Waals surface area contributed by atoms with Crippen molar-refractivity contribution >= 4 is 17.7 Å². The monoisotopic (exact) mass is 303 g/mol. The number of aliphatic imine (C=N–C) groups is 1. The fraction of sp³-hybridized carbons (Fsp3) is 0.111. The SMILES string of the molecule is Cc1cccc(-c2noc(C3C=Nc4ccccc4C3=O)n2)c1. The van der Waals surface area contributed by atoms with Gasteiger partial charge in [0.1, 0.15) is 5.92 Å². The van der Waals surface area contributed by atoms with Crippen LogP contribution in [0.15, 0.2) is 58.0 Å². The molecule has 0 saturated heterocycles. The lowest BCUT2D eigenvalue weighted by molar-refractivity contribution is 0.0971. The third-order valence-electron chi connectivity index (χ3n) is 3.80. The summed E-state index contributed by atoms with van der Waals surface area (Å²) in [5.74, 6) is 0.0412. The van der Waals surface area contributed by atoms with Gasteiger partial charge in [0.2, 0.25) is 11.7 Å². The van der Waals surface area contributed by atoms with Gasteiger partial charge in [-0.1, -0.05) is 41.1 Å². The van der Waals surface area contributed by atoms with Crippen molar-refractivity contribution in [3.63, 3.8) is 0 Å². The molecule has 112 valence electrons. The number of rotatable bonds is 2. The van der Waals surface area contributed by atoms with E-state index in [1.54, 1.807) is 12.3 Å². The first-order valence-electron chi connectivity index (χ1n) is 7.30. The molecule has 2 heterocycles. The molecule has 0 aliphatic carbocycles. The van der Waals surface area contributed by atoms with Gasteiger partial charge in [0.15, 0.2) is 5.78 Å². The molecule has 2 aromatic carbocycles. The van der Waals surface area contributed by atoms with E-state index in [1.807, 2.05) is 49.4 Å². The number of aryl methyl sites for hydroxylation is 1. The molecule has 5 heteroatoms. The smallest absolute Gasteiger partial charge is 0.243 e. The number of hydrogen-bond donors (Lipinski definition) is 0. The van der Waals surface area contributed by atoms with E-state index < -0.39 is 5.92 Å². The topological polar surface area (TPSA) is 68.3 Å². The molecule has 0 bridgehead atoms. The summed E-state index contributed by atoms with van der Waals surface area (Å²) in [4.78, 5) is 21.3. The molecule has 1 atom stereocenters. The molecule has 3 aromatic rings. The van der Waals surface area contributed by atoms with Gasteiger partial charge in [-0.15, -0.1) is 0 Å². The second kappa shape index (κ2) is 5.28. The number of nitrogens with zero attached hydrogens (tertiary/aromatic N) is 3. The van der Waals surface area contributed by atoms with E-state index in [2.05, 4.69) is 15.1 Å². The van der Waals surface area contributed by atoms with Gasteiger partial charge >= 0.3 is 0 Å². The minimum atomic E-state index is -0.629. The van der Waals surface area contributed by atoms with E-state index >= 15 is 0 Å². The number of fused-ring (bicyclic) bond motifs is 1. The van der Waals surface area contributed by atoms with Crippen molar-refractivity contribution in [2.75, 3.05) is 0 Å². The molecular weight excluding hydrogens is 290 g/mol. The maximum atomic E-state index is 12.6. The summed E-state index contributed by atoms with van der Waals surface area (Å²) in [6.45, 7) is 2.00. The Morgan fingerprint density at radius 1 is 1.09 bits per heavy atom. The quantitative estimate of drug-likeness (QED) is 0.723. The van der Waals surface area contributed by atoms with Crippen LogP contribution in [0.4, 0.5) is 5.69 Å². The summed E-state index contributed by atoms with van der Waals surface area (Å²) in [7, 11) is 0. The molecule has 23 heavy (non-hydrogen) atoms. The average molecular weight is 303 g/mol. The molecule has 0 saturated carbocycles. The molecular formula is C18H13N3O2. The Hall–Kier alpha value is -3.08. The molecule has 1 unspecified atom stereocenters. The number of hydrogen-bond acceptors (Lipinski definition) is 5. The number of carbonyl (C=O) groups is 1. The zero-order chi connectivity index (χ0) is 15.8. The summed E-state index contributed by atoms with van der Waals surface area (Å²) in [5, 5.41) is 3.99. The Morgan fingerprint density at radius 2 is 1.96 bits per heavy atom. The van der Waals surface area contributed by atoms with Crippen molar-refractivity contribution in [3.05, 3.63) is 65.5 Å². The van der Waals surface area contributed by atoms with Crippen LogP contribution < -0.4 is 0 Å². The summed E-state index contributed by atoms with van der Waals surface area (Å²) in [6.07, 6.45) is 1.57. The highest BCUT2D eigenvalue weighted by Gasteiger charge is 2.30. The third-order valence-corrected chi connectivity index (χ3v) is 3.80. The predicted molar refractivity (Wildman–Crippen MR) is 86.1 cm³/mol. The van der Waals surface area contributed by atoms with E-state index in [1.165, 1.54) is 0 Å². The molecule has 0 spiro atoms. The first-order valence-corrected chi connectivity index (χ1v) is 7.30. The predicted octanol–water partition coefficient (Wildman–Crippen LogP) is 3.73. The Kier molecular flexibility index (Phi) is 3.12. The van der Waals surface area contributed by atoms with Gasteiger partial charge < -0.3 is 4.52 Å². The van der Waals surface area contributed by atoms with Gasteiger partial charge in [0, 0.05) is 17.3 Å². The van der Waals surface area contributed by atoms with Gasteiger partial charge in [-0.25, -0.2) is 0 Å². The van der Waals surface area contributed by atoms with E-state index in [4.69, 9.17) is 4.52 Å². The van der Waals surface area contributed by atoms with Crippen molar-refractivity contribution in [2.24, 2.45) is 4.99 Å². The molecule has 0 fully saturated rings. The lowest BCUT2D eigenvalue weighted by Crippen LogP contribution is -2.18. The highest BCUT2D eigenvalue weighted by molar-refractivity contribution is 6.15. The number of carbonyl (C=O) groups excluding carboxylic acids is 1.